The number of hydrogen-bond acceptors (Lipinski definition) is 1. The number of nitrogens with zero attached hydrogens (tertiary/aromatic N) is 2. The molecule has 0 atom stereocenters. The lowest BCUT2D eigenvalue weighted by Crippen LogP contribution is -2.46. The molecule has 0 spiro atoms. The van der Waals surface area contributed by atoms with Crippen LogP contribution in [0.5, 0.6) is 0 Å². The monoisotopic (exact) mass is 230 g/mol. The van der Waals surface area contributed by atoms with Gasteiger partial charge in [-0.2, -0.15) is 0 Å². The van der Waals surface area contributed by atoms with Crippen molar-refractivity contribution in [3.63, 3.8) is 0 Å². The average Bonchev–Trinajstić information content (AvgIpc) is 2.39. The Kier molecular flexibility index (Phi) is 2.73. The number of anilines is 1. The van der Waals surface area contributed by atoms with Crippen LogP contribution in [0.25, 0.3) is 5.32 Å². The van der Waals surface area contributed by atoms with E-state index in [1.165, 1.54) is 5.56 Å². The molecule has 1 fully saturated rings. The molecule has 2 amide bonds. The second-order valence-corrected chi connectivity index (χ2v) is 4.62. The number of hydrogen-bond donors (Lipinski definition) is 1. The summed E-state index contributed by atoms with van der Waals surface area (Å²) in [6, 6.07) is 8.39. The van der Waals surface area contributed by atoms with Crippen molar-refractivity contribution in [3.8, 4) is 0 Å². The highest BCUT2D eigenvalue weighted by Crippen LogP contribution is 2.27. The smallest absolute Gasteiger partial charge is 0.322 e. The Morgan fingerprint density at radius 1 is 1.24 bits per heavy atom. The second kappa shape index (κ2) is 4.37. The molecule has 4 nitrogen and oxygen atoms in total. The lowest BCUT2D eigenvalue weighted by atomic mass is 10.0. The fraction of sp³-hybridized carbons (Fsp3) is 0.462. The Balaban J connectivity index is 1.81. The molecule has 0 bridgehead atoms. The Labute approximate surface area is 101 Å². The summed E-state index contributed by atoms with van der Waals surface area (Å²) in [7, 11) is 0. The maximum absolute atomic E-state index is 12.0. The van der Waals surface area contributed by atoms with Crippen molar-refractivity contribution in [1.82, 2.24) is 4.90 Å². The largest absolute Gasteiger partial charge is 0.662 e. The van der Waals surface area contributed by atoms with E-state index in [1.807, 2.05) is 23.1 Å². The molecule has 1 aromatic rings. The van der Waals surface area contributed by atoms with Crippen molar-refractivity contribution in [2.75, 3.05) is 18.4 Å². The van der Waals surface area contributed by atoms with Gasteiger partial charge in [0.2, 0.25) is 0 Å². The molecular formula is C13H16N3O-. The average molecular weight is 230 g/mol. The van der Waals surface area contributed by atoms with Gasteiger partial charge in [0.15, 0.2) is 0 Å². The summed E-state index contributed by atoms with van der Waals surface area (Å²) in [5.41, 5.74) is 2.16. The summed E-state index contributed by atoms with van der Waals surface area (Å²) in [6.07, 6.45) is 1.99. The van der Waals surface area contributed by atoms with Crippen LogP contribution in [0.4, 0.5) is 10.5 Å². The van der Waals surface area contributed by atoms with Crippen molar-refractivity contribution >= 4 is 11.7 Å². The summed E-state index contributed by atoms with van der Waals surface area (Å²) in [5, 5.41) is 7.30. The third kappa shape index (κ3) is 2.00. The number of piperidine rings is 1. The predicted molar refractivity (Wildman–Crippen MR) is 67.1 cm³/mol. The van der Waals surface area contributed by atoms with E-state index in [1.54, 1.807) is 0 Å². The van der Waals surface area contributed by atoms with Crippen LogP contribution < -0.4 is 5.32 Å². The van der Waals surface area contributed by atoms with Crippen molar-refractivity contribution < 1.29 is 4.79 Å². The van der Waals surface area contributed by atoms with Gasteiger partial charge < -0.3 is 15.5 Å². The van der Waals surface area contributed by atoms with Crippen LogP contribution in [-0.4, -0.2) is 30.1 Å². The van der Waals surface area contributed by atoms with Crippen LogP contribution in [0.1, 0.15) is 18.4 Å². The molecule has 0 aliphatic carbocycles. The van der Waals surface area contributed by atoms with E-state index >= 15 is 0 Å². The lowest BCUT2D eigenvalue weighted by Gasteiger charge is -2.41. The van der Waals surface area contributed by atoms with Gasteiger partial charge in [-0.1, -0.05) is 31.0 Å². The summed E-state index contributed by atoms with van der Waals surface area (Å²) in [6.45, 7) is 2.50. The van der Waals surface area contributed by atoms with Crippen LogP contribution in [0.2, 0.25) is 0 Å². The van der Waals surface area contributed by atoms with Gasteiger partial charge in [0.25, 0.3) is 0 Å². The molecule has 17 heavy (non-hydrogen) atoms. The zero-order valence-electron chi connectivity index (χ0n) is 9.72. The number of benzene rings is 1. The summed E-state index contributed by atoms with van der Waals surface area (Å²) in [5.74, 6) is 0. The number of carbonyl (C=O) groups excluding carboxylic acids is 1. The van der Waals surface area contributed by atoms with Crippen LogP contribution in [-0.2, 0) is 6.54 Å². The molecule has 2 aliphatic rings. The Morgan fingerprint density at radius 3 is 2.82 bits per heavy atom. The highest BCUT2D eigenvalue weighted by atomic mass is 16.2. The standard InChI is InChI=1S/C13H16N3O/c17-13-15-12-4-2-1-3-10(12)9-16(13)11-5-7-14-8-6-11/h1-4,11H,5-9H2,(H,15,17)/q-1. The minimum absolute atomic E-state index is 0.0376. The molecule has 0 aromatic heterocycles. The lowest BCUT2D eigenvalue weighted by molar-refractivity contribution is 0.171. The van der Waals surface area contributed by atoms with Gasteiger partial charge in [0.1, 0.15) is 0 Å². The zero-order chi connectivity index (χ0) is 11.7. The maximum atomic E-state index is 12.0. The van der Waals surface area contributed by atoms with Gasteiger partial charge >= 0.3 is 6.03 Å². The first kappa shape index (κ1) is 10.6. The molecule has 3 rings (SSSR count). The van der Waals surface area contributed by atoms with Gasteiger partial charge in [-0.15, -0.1) is 13.1 Å². The van der Waals surface area contributed by atoms with Gasteiger partial charge in [-0.3, -0.25) is 0 Å². The first-order valence-corrected chi connectivity index (χ1v) is 6.13. The van der Waals surface area contributed by atoms with Crippen molar-refractivity contribution in [1.29, 1.82) is 0 Å². The minimum atomic E-state index is 0.0376. The third-order valence-electron chi connectivity index (χ3n) is 3.54. The fourth-order valence-electron chi connectivity index (χ4n) is 2.57. The Hall–Kier alpha value is -1.55. The summed E-state index contributed by atoms with van der Waals surface area (Å²) < 4.78 is 0. The summed E-state index contributed by atoms with van der Waals surface area (Å²) >= 11 is 0. The first-order chi connectivity index (χ1) is 8.34. The van der Waals surface area contributed by atoms with Crippen molar-refractivity contribution in [2.24, 2.45) is 0 Å². The van der Waals surface area contributed by atoms with E-state index in [0.717, 1.165) is 38.2 Å². The fourth-order valence-corrected chi connectivity index (χ4v) is 2.57. The molecule has 90 valence electrons. The molecule has 0 unspecified atom stereocenters. The third-order valence-corrected chi connectivity index (χ3v) is 3.54. The second-order valence-electron chi connectivity index (χ2n) is 4.62. The van der Waals surface area contributed by atoms with Gasteiger partial charge in [0.05, 0.1) is 0 Å². The van der Waals surface area contributed by atoms with Gasteiger partial charge in [-0.05, 0) is 11.6 Å². The molecule has 2 heterocycles. The van der Waals surface area contributed by atoms with E-state index in [9.17, 15) is 4.79 Å². The summed E-state index contributed by atoms with van der Waals surface area (Å²) in [4.78, 5) is 14.0. The number of para-hydroxylation sites is 1. The number of fused-ring (bicyclic) bond motifs is 1. The molecule has 4 heteroatoms. The predicted octanol–water partition coefficient (Wildman–Crippen LogP) is 2.57. The van der Waals surface area contributed by atoms with E-state index in [4.69, 9.17) is 0 Å². The molecule has 1 saturated heterocycles. The molecular weight excluding hydrogens is 214 g/mol. The quantitative estimate of drug-likeness (QED) is 0.791. The van der Waals surface area contributed by atoms with Crippen LogP contribution >= 0.6 is 0 Å². The molecule has 1 aromatic carbocycles. The number of amides is 2. The van der Waals surface area contributed by atoms with E-state index in [2.05, 4.69) is 16.7 Å². The van der Waals surface area contributed by atoms with Gasteiger partial charge in [0, 0.05) is 18.3 Å². The zero-order valence-corrected chi connectivity index (χ0v) is 9.72. The highest BCUT2D eigenvalue weighted by molar-refractivity contribution is 5.92. The SMILES string of the molecule is O=C1Nc2ccccc2CN1C1CC[N-]CC1. The maximum Gasteiger partial charge on any atom is 0.322 e. The first-order valence-electron chi connectivity index (χ1n) is 6.13. The number of rotatable bonds is 1. The Bertz CT molecular complexity index is 426. The van der Waals surface area contributed by atoms with E-state index < -0.39 is 0 Å². The van der Waals surface area contributed by atoms with Crippen molar-refractivity contribution in [2.45, 2.75) is 25.4 Å². The molecule has 0 radical (unpaired) electrons. The number of urea groups is 1. The van der Waals surface area contributed by atoms with Crippen LogP contribution in [0, 0.1) is 0 Å². The minimum Gasteiger partial charge on any atom is -0.662 e. The van der Waals surface area contributed by atoms with Crippen LogP contribution in [0.15, 0.2) is 24.3 Å². The topological polar surface area (TPSA) is 46.4 Å². The normalized spacial score (nSPS) is 20.9. The Morgan fingerprint density at radius 2 is 2.00 bits per heavy atom. The number of nitrogens with one attached hydrogen (secondary N) is 1. The molecule has 1 N–H and O–H groups in total. The van der Waals surface area contributed by atoms with Gasteiger partial charge in [-0.25, -0.2) is 4.79 Å². The molecule has 0 saturated carbocycles. The van der Waals surface area contributed by atoms with Crippen LogP contribution in [0.3, 0.4) is 0 Å². The van der Waals surface area contributed by atoms with Crippen molar-refractivity contribution in [3.05, 3.63) is 35.1 Å². The highest BCUT2D eigenvalue weighted by Gasteiger charge is 2.27. The molecule has 2 aliphatic heterocycles. The number of carbonyl (C=O) groups is 1. The van der Waals surface area contributed by atoms with E-state index in [0.29, 0.717) is 6.04 Å². The van der Waals surface area contributed by atoms with E-state index in [-0.39, 0.29) is 6.03 Å².